The van der Waals surface area contributed by atoms with Gasteiger partial charge in [0.1, 0.15) is 0 Å². The van der Waals surface area contributed by atoms with Gasteiger partial charge in [-0.25, -0.2) is 0 Å². The van der Waals surface area contributed by atoms with E-state index in [0.717, 1.165) is 24.0 Å². The van der Waals surface area contributed by atoms with Gasteiger partial charge in [-0.2, -0.15) is 0 Å². The van der Waals surface area contributed by atoms with E-state index >= 15 is 0 Å². The van der Waals surface area contributed by atoms with Crippen LogP contribution in [-0.2, 0) is 0 Å². The molecule has 0 spiro atoms. The predicted octanol–water partition coefficient (Wildman–Crippen LogP) is 3.81. The molecule has 1 aliphatic heterocycles. The van der Waals surface area contributed by atoms with E-state index in [0.29, 0.717) is 0 Å². The molecule has 4 unspecified atom stereocenters. The van der Waals surface area contributed by atoms with E-state index < -0.39 is 0 Å². The van der Waals surface area contributed by atoms with Gasteiger partial charge in [-0.05, 0) is 71.4 Å². The van der Waals surface area contributed by atoms with E-state index in [1.54, 1.807) is 0 Å². The predicted molar refractivity (Wildman–Crippen MR) is 83.5 cm³/mol. The fourth-order valence-electron chi connectivity index (χ4n) is 4.21. The van der Waals surface area contributed by atoms with Gasteiger partial charge in [0.15, 0.2) is 0 Å². The highest BCUT2D eigenvalue weighted by atomic mass is 15.2. The lowest BCUT2D eigenvalue weighted by Crippen LogP contribution is -2.45. The Bertz CT molecular complexity index is 244. The van der Waals surface area contributed by atoms with Crippen molar-refractivity contribution in [1.29, 1.82) is 0 Å². The van der Waals surface area contributed by atoms with Crippen molar-refractivity contribution in [3.63, 3.8) is 0 Å². The number of nitrogens with one attached hydrogen (secondary N) is 1. The molecule has 2 heteroatoms. The highest BCUT2D eigenvalue weighted by Gasteiger charge is 2.29. The topological polar surface area (TPSA) is 15.3 Å². The van der Waals surface area contributed by atoms with E-state index in [1.165, 1.54) is 64.5 Å². The standard InChI is InChI=1S/C17H34N2/c1-4-12-18-17-10-6-9-16(17)11-13-19-14(2)7-5-8-15(19)3/h14-18H,4-13H2,1-3H3. The molecule has 0 amide bonds. The molecular formula is C17H34N2. The molecule has 2 aliphatic rings. The highest BCUT2D eigenvalue weighted by molar-refractivity contribution is 4.86. The van der Waals surface area contributed by atoms with Crippen molar-refractivity contribution < 1.29 is 0 Å². The first-order valence-electron chi connectivity index (χ1n) is 8.71. The largest absolute Gasteiger partial charge is 0.314 e. The SMILES string of the molecule is CCCNC1CCCC1CCN1C(C)CCCC1C. The molecule has 19 heavy (non-hydrogen) atoms. The Morgan fingerprint density at radius 2 is 1.68 bits per heavy atom. The van der Waals surface area contributed by atoms with Gasteiger partial charge in [-0.3, -0.25) is 4.90 Å². The van der Waals surface area contributed by atoms with Crippen LogP contribution in [0.25, 0.3) is 0 Å². The van der Waals surface area contributed by atoms with Gasteiger partial charge in [0.05, 0.1) is 0 Å². The Morgan fingerprint density at radius 3 is 2.37 bits per heavy atom. The minimum atomic E-state index is 0.812. The molecule has 2 fully saturated rings. The molecule has 0 aromatic carbocycles. The normalized spacial score (nSPS) is 36.8. The second kappa shape index (κ2) is 7.64. The number of hydrogen-bond acceptors (Lipinski definition) is 2. The van der Waals surface area contributed by atoms with Crippen LogP contribution in [0.3, 0.4) is 0 Å². The maximum Gasteiger partial charge on any atom is 0.00958 e. The monoisotopic (exact) mass is 266 g/mol. The molecule has 0 bridgehead atoms. The van der Waals surface area contributed by atoms with Crippen molar-refractivity contribution in [3.8, 4) is 0 Å². The Morgan fingerprint density at radius 1 is 1.00 bits per heavy atom. The first-order valence-corrected chi connectivity index (χ1v) is 8.71. The number of piperidine rings is 1. The van der Waals surface area contributed by atoms with Gasteiger partial charge in [0.2, 0.25) is 0 Å². The minimum Gasteiger partial charge on any atom is -0.314 e. The lowest BCUT2D eigenvalue weighted by molar-refractivity contribution is 0.0943. The average Bonchev–Trinajstić information content (AvgIpc) is 2.83. The van der Waals surface area contributed by atoms with Gasteiger partial charge in [-0.15, -0.1) is 0 Å². The van der Waals surface area contributed by atoms with E-state index in [4.69, 9.17) is 0 Å². The summed E-state index contributed by atoms with van der Waals surface area (Å²) in [5.74, 6) is 0.938. The molecule has 1 saturated heterocycles. The summed E-state index contributed by atoms with van der Waals surface area (Å²) in [6, 6.07) is 2.44. The number of hydrogen-bond donors (Lipinski definition) is 1. The van der Waals surface area contributed by atoms with Crippen LogP contribution in [0.15, 0.2) is 0 Å². The van der Waals surface area contributed by atoms with Crippen LogP contribution in [0.4, 0.5) is 0 Å². The van der Waals surface area contributed by atoms with Gasteiger partial charge >= 0.3 is 0 Å². The summed E-state index contributed by atoms with van der Waals surface area (Å²) >= 11 is 0. The van der Waals surface area contributed by atoms with Gasteiger partial charge < -0.3 is 5.32 Å². The first kappa shape index (κ1) is 15.3. The molecule has 1 aliphatic carbocycles. The van der Waals surface area contributed by atoms with Crippen LogP contribution in [-0.4, -0.2) is 36.1 Å². The van der Waals surface area contributed by atoms with Gasteiger partial charge in [-0.1, -0.05) is 19.8 Å². The van der Waals surface area contributed by atoms with Crippen LogP contribution in [0.2, 0.25) is 0 Å². The lowest BCUT2D eigenvalue weighted by Gasteiger charge is -2.40. The zero-order valence-electron chi connectivity index (χ0n) is 13.3. The van der Waals surface area contributed by atoms with Crippen molar-refractivity contribution >= 4 is 0 Å². The third-order valence-corrected chi connectivity index (χ3v) is 5.45. The molecule has 1 heterocycles. The number of rotatable bonds is 6. The summed E-state index contributed by atoms with van der Waals surface area (Å²) in [4.78, 5) is 2.78. The Kier molecular flexibility index (Phi) is 6.15. The van der Waals surface area contributed by atoms with E-state index in [-0.39, 0.29) is 0 Å². The molecule has 0 aromatic heterocycles. The lowest BCUT2D eigenvalue weighted by atomic mass is 9.94. The second-order valence-electron chi connectivity index (χ2n) is 6.91. The molecule has 0 aromatic rings. The van der Waals surface area contributed by atoms with Crippen LogP contribution >= 0.6 is 0 Å². The van der Waals surface area contributed by atoms with Crippen molar-refractivity contribution in [2.75, 3.05) is 13.1 Å². The fourth-order valence-corrected chi connectivity index (χ4v) is 4.21. The maximum absolute atomic E-state index is 3.77. The van der Waals surface area contributed by atoms with Crippen LogP contribution in [0.5, 0.6) is 0 Å². The molecule has 2 rings (SSSR count). The van der Waals surface area contributed by atoms with E-state index in [2.05, 4.69) is 31.0 Å². The summed E-state index contributed by atoms with van der Waals surface area (Å²) in [6.45, 7) is 9.66. The maximum atomic E-state index is 3.77. The Hall–Kier alpha value is -0.0800. The second-order valence-corrected chi connectivity index (χ2v) is 6.91. The summed E-state index contributed by atoms with van der Waals surface area (Å²) in [7, 11) is 0. The number of nitrogens with zero attached hydrogens (tertiary/aromatic N) is 1. The van der Waals surface area contributed by atoms with Crippen molar-refractivity contribution in [1.82, 2.24) is 10.2 Å². The summed E-state index contributed by atoms with van der Waals surface area (Å²) < 4.78 is 0. The van der Waals surface area contributed by atoms with Crippen molar-refractivity contribution in [2.45, 2.75) is 90.3 Å². The average molecular weight is 266 g/mol. The quantitative estimate of drug-likeness (QED) is 0.786. The zero-order chi connectivity index (χ0) is 13.7. The van der Waals surface area contributed by atoms with Gasteiger partial charge in [0, 0.05) is 18.1 Å². The highest BCUT2D eigenvalue weighted by Crippen LogP contribution is 2.30. The van der Waals surface area contributed by atoms with E-state index in [9.17, 15) is 0 Å². The molecule has 1 saturated carbocycles. The smallest absolute Gasteiger partial charge is 0.00958 e. The zero-order valence-corrected chi connectivity index (χ0v) is 13.3. The van der Waals surface area contributed by atoms with E-state index in [1.807, 2.05) is 0 Å². The van der Waals surface area contributed by atoms with Crippen LogP contribution < -0.4 is 5.32 Å². The Labute approximate surface area is 120 Å². The van der Waals surface area contributed by atoms with Crippen LogP contribution in [0.1, 0.15) is 72.1 Å². The molecule has 4 atom stereocenters. The Balaban J connectivity index is 1.77. The molecule has 112 valence electrons. The molecular weight excluding hydrogens is 232 g/mol. The molecule has 2 nitrogen and oxygen atoms in total. The summed E-state index contributed by atoms with van der Waals surface area (Å²) in [6.07, 6.45) is 11.2. The third kappa shape index (κ3) is 4.19. The minimum absolute atomic E-state index is 0.812. The van der Waals surface area contributed by atoms with Crippen LogP contribution in [0, 0.1) is 5.92 Å². The molecule has 0 radical (unpaired) electrons. The third-order valence-electron chi connectivity index (χ3n) is 5.45. The van der Waals surface area contributed by atoms with Crippen molar-refractivity contribution in [2.24, 2.45) is 5.92 Å². The fraction of sp³-hybridized carbons (Fsp3) is 1.00. The summed E-state index contributed by atoms with van der Waals surface area (Å²) in [5, 5.41) is 3.77. The number of likely N-dealkylation sites (tertiary alicyclic amines) is 1. The van der Waals surface area contributed by atoms with Gasteiger partial charge in [0.25, 0.3) is 0 Å². The van der Waals surface area contributed by atoms with Crippen molar-refractivity contribution in [3.05, 3.63) is 0 Å². The summed E-state index contributed by atoms with van der Waals surface area (Å²) in [5.41, 5.74) is 0. The molecule has 1 N–H and O–H groups in total. The first-order chi connectivity index (χ1) is 9.22.